The number of amides is 1. The van der Waals surface area contributed by atoms with E-state index >= 15 is 0 Å². The fourth-order valence-electron chi connectivity index (χ4n) is 2.17. The maximum Gasteiger partial charge on any atom is 0.272 e. The Morgan fingerprint density at radius 2 is 2.16 bits per heavy atom. The molecule has 3 rings (SSSR count). The molecule has 1 aromatic carbocycles. The summed E-state index contributed by atoms with van der Waals surface area (Å²) in [5.74, 6) is -0.0434. The standard InChI is InChI=1S/C15H15BrN2O/c1-10-4-5-11(16)9-13(10)17-15(19)14-3-2-8-18(14)12-6-7-12/h2-5,8-9,12H,6-7H2,1H3,(H,17,19). The second kappa shape index (κ2) is 4.85. The summed E-state index contributed by atoms with van der Waals surface area (Å²) in [4.78, 5) is 12.3. The fourth-order valence-corrected chi connectivity index (χ4v) is 2.53. The van der Waals surface area contributed by atoms with Gasteiger partial charge >= 0.3 is 0 Å². The number of carbonyl (C=O) groups excluding carboxylic acids is 1. The topological polar surface area (TPSA) is 34.0 Å². The Morgan fingerprint density at radius 1 is 1.37 bits per heavy atom. The van der Waals surface area contributed by atoms with Crippen LogP contribution in [0.1, 0.15) is 34.9 Å². The molecule has 2 aromatic rings. The first kappa shape index (κ1) is 12.5. The van der Waals surface area contributed by atoms with E-state index < -0.39 is 0 Å². The van der Waals surface area contributed by atoms with Gasteiger partial charge in [0, 0.05) is 22.4 Å². The molecule has 1 aromatic heterocycles. The molecule has 0 unspecified atom stereocenters. The maximum absolute atomic E-state index is 12.3. The van der Waals surface area contributed by atoms with Crippen LogP contribution in [0, 0.1) is 6.92 Å². The number of rotatable bonds is 3. The molecule has 0 bridgehead atoms. The molecule has 1 saturated carbocycles. The van der Waals surface area contributed by atoms with Gasteiger partial charge < -0.3 is 9.88 Å². The van der Waals surface area contributed by atoms with Crippen LogP contribution >= 0.6 is 15.9 Å². The number of aryl methyl sites for hydroxylation is 1. The van der Waals surface area contributed by atoms with Crippen molar-refractivity contribution in [2.45, 2.75) is 25.8 Å². The lowest BCUT2D eigenvalue weighted by Gasteiger charge is -2.11. The van der Waals surface area contributed by atoms with Crippen molar-refractivity contribution >= 4 is 27.5 Å². The summed E-state index contributed by atoms with van der Waals surface area (Å²) in [6, 6.07) is 10.2. The van der Waals surface area contributed by atoms with Gasteiger partial charge in [-0.25, -0.2) is 0 Å². The molecule has 0 spiro atoms. The maximum atomic E-state index is 12.3. The third-order valence-electron chi connectivity index (χ3n) is 3.40. The predicted octanol–water partition coefficient (Wildman–Crippen LogP) is 4.15. The minimum absolute atomic E-state index is 0.0434. The van der Waals surface area contributed by atoms with Crippen LogP contribution in [0.2, 0.25) is 0 Å². The summed E-state index contributed by atoms with van der Waals surface area (Å²) in [7, 11) is 0. The molecule has 0 saturated heterocycles. The van der Waals surface area contributed by atoms with E-state index in [0.29, 0.717) is 6.04 Å². The molecular weight excluding hydrogens is 304 g/mol. The highest BCUT2D eigenvalue weighted by molar-refractivity contribution is 9.10. The quantitative estimate of drug-likeness (QED) is 0.906. The molecule has 1 N–H and O–H groups in total. The summed E-state index contributed by atoms with van der Waals surface area (Å²) in [5.41, 5.74) is 2.64. The van der Waals surface area contributed by atoms with Crippen LogP contribution in [0.4, 0.5) is 5.69 Å². The van der Waals surface area contributed by atoms with E-state index in [1.165, 1.54) is 12.8 Å². The Hall–Kier alpha value is -1.55. The first-order valence-electron chi connectivity index (χ1n) is 6.39. The van der Waals surface area contributed by atoms with Crippen LogP contribution in [0.15, 0.2) is 41.0 Å². The third kappa shape index (κ3) is 2.59. The van der Waals surface area contributed by atoms with Crippen LogP contribution in [0.25, 0.3) is 0 Å². The van der Waals surface area contributed by atoms with Gasteiger partial charge in [-0.1, -0.05) is 22.0 Å². The molecule has 1 aliphatic rings. The molecule has 3 nitrogen and oxygen atoms in total. The number of carbonyl (C=O) groups is 1. The molecule has 98 valence electrons. The van der Waals surface area contributed by atoms with E-state index in [0.717, 1.165) is 21.4 Å². The van der Waals surface area contributed by atoms with Crippen molar-refractivity contribution in [1.29, 1.82) is 0 Å². The zero-order valence-corrected chi connectivity index (χ0v) is 12.3. The van der Waals surface area contributed by atoms with Crippen LogP contribution in [0.3, 0.4) is 0 Å². The number of anilines is 1. The van der Waals surface area contributed by atoms with Crippen molar-refractivity contribution < 1.29 is 4.79 Å². The van der Waals surface area contributed by atoms with Gasteiger partial charge in [-0.05, 0) is 49.6 Å². The predicted molar refractivity (Wildman–Crippen MR) is 79.5 cm³/mol. The van der Waals surface area contributed by atoms with Crippen molar-refractivity contribution in [1.82, 2.24) is 4.57 Å². The van der Waals surface area contributed by atoms with Crippen molar-refractivity contribution in [2.75, 3.05) is 5.32 Å². The van der Waals surface area contributed by atoms with Gasteiger partial charge in [-0.3, -0.25) is 4.79 Å². The smallest absolute Gasteiger partial charge is 0.272 e. The fraction of sp³-hybridized carbons (Fsp3) is 0.267. The minimum atomic E-state index is -0.0434. The molecule has 19 heavy (non-hydrogen) atoms. The van der Waals surface area contributed by atoms with Gasteiger partial charge in [-0.2, -0.15) is 0 Å². The summed E-state index contributed by atoms with van der Waals surface area (Å²) in [6.45, 7) is 1.99. The van der Waals surface area contributed by atoms with Crippen molar-refractivity contribution in [2.24, 2.45) is 0 Å². The number of benzene rings is 1. The van der Waals surface area contributed by atoms with Crippen molar-refractivity contribution in [3.8, 4) is 0 Å². The molecule has 4 heteroatoms. The zero-order valence-electron chi connectivity index (χ0n) is 10.7. The average molecular weight is 319 g/mol. The Balaban J connectivity index is 1.84. The number of hydrogen-bond acceptors (Lipinski definition) is 1. The van der Waals surface area contributed by atoms with Gasteiger partial charge in [0.15, 0.2) is 0 Å². The molecule has 1 fully saturated rings. The van der Waals surface area contributed by atoms with Gasteiger partial charge in [0.25, 0.3) is 5.91 Å². The van der Waals surface area contributed by atoms with E-state index in [2.05, 4.69) is 25.8 Å². The Bertz CT molecular complexity index is 629. The highest BCUT2D eigenvalue weighted by Gasteiger charge is 2.26. The first-order valence-corrected chi connectivity index (χ1v) is 7.19. The monoisotopic (exact) mass is 318 g/mol. The first-order chi connectivity index (χ1) is 9.15. The lowest BCUT2D eigenvalue weighted by atomic mass is 10.2. The molecule has 1 amide bonds. The molecule has 1 aliphatic carbocycles. The van der Waals surface area contributed by atoms with E-state index in [1.54, 1.807) is 0 Å². The van der Waals surface area contributed by atoms with Crippen molar-refractivity contribution in [3.63, 3.8) is 0 Å². The SMILES string of the molecule is Cc1ccc(Br)cc1NC(=O)c1cccn1C1CC1. The largest absolute Gasteiger partial charge is 0.340 e. The molecule has 1 heterocycles. The normalized spacial score (nSPS) is 14.4. The number of halogens is 1. The highest BCUT2D eigenvalue weighted by Crippen LogP contribution is 2.36. The third-order valence-corrected chi connectivity index (χ3v) is 3.89. The Morgan fingerprint density at radius 3 is 2.89 bits per heavy atom. The Labute approximate surface area is 120 Å². The van der Waals surface area contributed by atoms with Crippen LogP contribution in [-0.2, 0) is 0 Å². The van der Waals surface area contributed by atoms with Crippen LogP contribution in [0.5, 0.6) is 0 Å². The number of aromatic nitrogens is 1. The van der Waals surface area contributed by atoms with E-state index in [4.69, 9.17) is 0 Å². The van der Waals surface area contributed by atoms with Crippen LogP contribution < -0.4 is 5.32 Å². The number of nitrogens with one attached hydrogen (secondary N) is 1. The zero-order chi connectivity index (χ0) is 13.4. The highest BCUT2D eigenvalue weighted by atomic mass is 79.9. The molecule has 0 radical (unpaired) electrons. The van der Waals surface area contributed by atoms with Gasteiger partial charge in [0.1, 0.15) is 5.69 Å². The van der Waals surface area contributed by atoms with Gasteiger partial charge in [0.05, 0.1) is 0 Å². The summed E-state index contributed by atoms with van der Waals surface area (Å²) in [5, 5.41) is 2.99. The molecule has 0 aliphatic heterocycles. The van der Waals surface area contributed by atoms with Gasteiger partial charge in [-0.15, -0.1) is 0 Å². The van der Waals surface area contributed by atoms with Crippen LogP contribution in [-0.4, -0.2) is 10.5 Å². The summed E-state index contributed by atoms with van der Waals surface area (Å²) in [6.07, 6.45) is 4.33. The lowest BCUT2D eigenvalue weighted by Crippen LogP contribution is -2.16. The number of nitrogens with zero attached hydrogens (tertiary/aromatic N) is 1. The number of hydrogen-bond donors (Lipinski definition) is 1. The lowest BCUT2D eigenvalue weighted by molar-refractivity contribution is 0.101. The van der Waals surface area contributed by atoms with E-state index in [-0.39, 0.29) is 5.91 Å². The summed E-state index contributed by atoms with van der Waals surface area (Å²) < 4.78 is 3.04. The van der Waals surface area contributed by atoms with E-state index in [1.807, 2.05) is 43.5 Å². The van der Waals surface area contributed by atoms with Gasteiger partial charge in [0.2, 0.25) is 0 Å². The van der Waals surface area contributed by atoms with E-state index in [9.17, 15) is 4.79 Å². The average Bonchev–Trinajstić information content (AvgIpc) is 3.11. The molecule has 0 atom stereocenters. The Kier molecular flexibility index (Phi) is 3.19. The minimum Gasteiger partial charge on any atom is -0.340 e. The van der Waals surface area contributed by atoms with Crippen molar-refractivity contribution in [3.05, 3.63) is 52.3 Å². The second-order valence-electron chi connectivity index (χ2n) is 4.95. The second-order valence-corrected chi connectivity index (χ2v) is 5.86. The summed E-state index contributed by atoms with van der Waals surface area (Å²) >= 11 is 3.43. The molecular formula is C15H15BrN2O.